The molecule has 1 N–H and O–H groups in total. The van der Waals surface area contributed by atoms with Crippen LogP contribution >= 0.6 is 0 Å². The number of carbonyl (C=O) groups excluding carboxylic acids is 1. The highest BCUT2D eigenvalue weighted by molar-refractivity contribution is 5.79. The van der Waals surface area contributed by atoms with E-state index in [1.54, 1.807) is 11.9 Å². The van der Waals surface area contributed by atoms with Crippen molar-refractivity contribution in [1.82, 2.24) is 15.1 Å². The quantitative estimate of drug-likeness (QED) is 0.832. The molecule has 5 heteroatoms. The highest BCUT2D eigenvalue weighted by Crippen LogP contribution is 2.32. The molecule has 0 radical (unpaired) electrons. The summed E-state index contributed by atoms with van der Waals surface area (Å²) < 4.78 is 0. The second-order valence-electron chi connectivity index (χ2n) is 6.22. The summed E-state index contributed by atoms with van der Waals surface area (Å²) in [6.45, 7) is 2.39. The van der Waals surface area contributed by atoms with Crippen molar-refractivity contribution >= 4 is 5.91 Å². The van der Waals surface area contributed by atoms with Crippen molar-refractivity contribution in [2.24, 2.45) is 0 Å². The van der Waals surface area contributed by atoms with Crippen molar-refractivity contribution in [2.45, 2.75) is 50.1 Å². The lowest BCUT2D eigenvalue weighted by molar-refractivity contribution is -0.136. The van der Waals surface area contributed by atoms with Crippen LogP contribution in [0.1, 0.15) is 38.5 Å². The lowest BCUT2D eigenvalue weighted by Gasteiger charge is -2.40. The van der Waals surface area contributed by atoms with Crippen molar-refractivity contribution in [3.05, 3.63) is 0 Å². The predicted molar refractivity (Wildman–Crippen MR) is 78.1 cm³/mol. The smallest absolute Gasteiger partial charge is 0.237 e. The van der Waals surface area contributed by atoms with Crippen molar-refractivity contribution in [3.8, 4) is 6.07 Å². The number of hydrogen-bond donors (Lipinski definition) is 1. The average molecular weight is 278 g/mol. The molecule has 1 saturated carbocycles. The topological polar surface area (TPSA) is 59.4 Å². The van der Waals surface area contributed by atoms with Gasteiger partial charge in [0, 0.05) is 19.6 Å². The van der Waals surface area contributed by atoms with Crippen LogP contribution in [0.3, 0.4) is 0 Å². The molecule has 20 heavy (non-hydrogen) atoms. The first-order chi connectivity index (χ1) is 9.59. The molecular formula is C15H26N4O. The SMILES string of the molecule is CN(CC(=O)N(C)C1(C#N)CCCCC1)C1CCNC1. The number of amides is 1. The van der Waals surface area contributed by atoms with Gasteiger partial charge in [-0.2, -0.15) is 5.26 Å². The van der Waals surface area contributed by atoms with Gasteiger partial charge in [-0.05, 0) is 32.9 Å². The van der Waals surface area contributed by atoms with Crippen molar-refractivity contribution in [2.75, 3.05) is 33.7 Å². The summed E-state index contributed by atoms with van der Waals surface area (Å²) >= 11 is 0. The molecule has 0 aromatic heterocycles. The van der Waals surface area contributed by atoms with Gasteiger partial charge in [-0.15, -0.1) is 0 Å². The van der Waals surface area contributed by atoms with Gasteiger partial charge in [0.15, 0.2) is 0 Å². The van der Waals surface area contributed by atoms with E-state index in [2.05, 4.69) is 16.3 Å². The van der Waals surface area contributed by atoms with Gasteiger partial charge in [-0.25, -0.2) is 0 Å². The van der Waals surface area contributed by atoms with E-state index < -0.39 is 5.54 Å². The Morgan fingerprint density at radius 3 is 2.60 bits per heavy atom. The number of nitriles is 1. The Labute approximate surface area is 121 Å². The second-order valence-corrected chi connectivity index (χ2v) is 6.22. The minimum Gasteiger partial charge on any atom is -0.326 e. The summed E-state index contributed by atoms with van der Waals surface area (Å²) in [7, 11) is 3.81. The summed E-state index contributed by atoms with van der Waals surface area (Å²) in [6, 6.07) is 2.86. The molecule has 0 aromatic rings. The van der Waals surface area contributed by atoms with Gasteiger partial charge in [-0.3, -0.25) is 9.69 Å². The third-order valence-corrected chi connectivity index (χ3v) is 4.95. The standard InChI is InChI=1S/C15H26N4O/c1-18(13-6-9-17-10-13)11-14(20)19(2)15(12-16)7-4-3-5-8-15/h13,17H,3-11H2,1-2H3. The molecule has 1 amide bonds. The maximum absolute atomic E-state index is 12.5. The van der Waals surface area contributed by atoms with Gasteiger partial charge in [0.25, 0.3) is 0 Å². The Balaban J connectivity index is 1.95. The summed E-state index contributed by atoms with van der Waals surface area (Å²) in [4.78, 5) is 16.3. The molecule has 1 atom stereocenters. The van der Waals surface area contributed by atoms with Crippen LogP contribution in [0.5, 0.6) is 0 Å². The van der Waals surface area contributed by atoms with Crippen LogP contribution in [0, 0.1) is 11.3 Å². The normalized spacial score (nSPS) is 25.4. The third kappa shape index (κ3) is 3.13. The van der Waals surface area contributed by atoms with Crippen LogP contribution < -0.4 is 5.32 Å². The van der Waals surface area contributed by atoms with Crippen molar-refractivity contribution < 1.29 is 4.79 Å². The zero-order valence-corrected chi connectivity index (χ0v) is 12.7. The maximum atomic E-state index is 12.5. The number of nitrogens with one attached hydrogen (secondary N) is 1. The van der Waals surface area contributed by atoms with Crippen LogP contribution in [0.15, 0.2) is 0 Å². The van der Waals surface area contributed by atoms with Gasteiger partial charge >= 0.3 is 0 Å². The molecule has 1 aliphatic heterocycles. The molecular weight excluding hydrogens is 252 g/mol. The molecule has 0 spiro atoms. The molecule has 112 valence electrons. The number of hydrogen-bond acceptors (Lipinski definition) is 4. The highest BCUT2D eigenvalue weighted by Gasteiger charge is 2.39. The summed E-state index contributed by atoms with van der Waals surface area (Å²) in [5, 5.41) is 12.9. The Morgan fingerprint density at radius 2 is 2.05 bits per heavy atom. The van der Waals surface area contributed by atoms with Gasteiger partial charge in [0.2, 0.25) is 5.91 Å². The number of carbonyl (C=O) groups is 1. The van der Waals surface area contributed by atoms with Crippen LogP contribution in [0.25, 0.3) is 0 Å². The van der Waals surface area contributed by atoms with Gasteiger partial charge in [-0.1, -0.05) is 19.3 Å². The van der Waals surface area contributed by atoms with Crippen LogP contribution in [0.2, 0.25) is 0 Å². The molecule has 5 nitrogen and oxygen atoms in total. The van der Waals surface area contributed by atoms with E-state index in [0.29, 0.717) is 12.6 Å². The molecule has 0 aromatic carbocycles. The van der Waals surface area contributed by atoms with E-state index in [0.717, 1.165) is 45.2 Å². The lowest BCUT2D eigenvalue weighted by atomic mass is 9.81. The van der Waals surface area contributed by atoms with E-state index >= 15 is 0 Å². The fourth-order valence-electron chi connectivity index (χ4n) is 3.36. The molecule has 0 bridgehead atoms. The third-order valence-electron chi connectivity index (χ3n) is 4.95. The Kier molecular flexibility index (Phi) is 5.00. The fraction of sp³-hybridized carbons (Fsp3) is 0.867. The van der Waals surface area contributed by atoms with Crippen molar-refractivity contribution in [3.63, 3.8) is 0 Å². The second kappa shape index (κ2) is 6.55. The Morgan fingerprint density at radius 1 is 1.35 bits per heavy atom. The molecule has 1 unspecified atom stereocenters. The van der Waals surface area contributed by atoms with E-state index in [-0.39, 0.29) is 5.91 Å². The van der Waals surface area contributed by atoms with Crippen LogP contribution in [-0.2, 0) is 4.79 Å². The van der Waals surface area contributed by atoms with Crippen molar-refractivity contribution in [1.29, 1.82) is 5.26 Å². The minimum absolute atomic E-state index is 0.0721. The van der Waals surface area contributed by atoms with Crippen LogP contribution in [-0.4, -0.2) is 61.0 Å². The zero-order valence-electron chi connectivity index (χ0n) is 12.7. The first kappa shape index (κ1) is 15.3. The lowest BCUT2D eigenvalue weighted by Crippen LogP contribution is -2.53. The number of nitrogens with zero attached hydrogens (tertiary/aromatic N) is 3. The number of likely N-dealkylation sites (N-methyl/N-ethyl adjacent to an activating group) is 2. The molecule has 2 rings (SSSR count). The monoisotopic (exact) mass is 278 g/mol. The average Bonchev–Trinajstić information content (AvgIpc) is 3.01. The van der Waals surface area contributed by atoms with Gasteiger partial charge in [0.05, 0.1) is 12.6 Å². The Bertz CT molecular complexity index is 378. The molecule has 1 aliphatic carbocycles. The largest absolute Gasteiger partial charge is 0.326 e. The molecule has 2 aliphatic rings. The summed E-state index contributed by atoms with van der Waals surface area (Å²) in [6.07, 6.45) is 6.01. The van der Waals surface area contributed by atoms with E-state index in [1.165, 1.54) is 6.42 Å². The van der Waals surface area contributed by atoms with Gasteiger partial charge in [0.1, 0.15) is 5.54 Å². The first-order valence-electron chi connectivity index (χ1n) is 7.68. The zero-order chi connectivity index (χ0) is 14.6. The van der Waals surface area contributed by atoms with Crippen LogP contribution in [0.4, 0.5) is 0 Å². The maximum Gasteiger partial charge on any atom is 0.237 e. The van der Waals surface area contributed by atoms with E-state index in [9.17, 15) is 10.1 Å². The summed E-state index contributed by atoms with van der Waals surface area (Å²) in [5.41, 5.74) is -0.565. The predicted octanol–water partition coefficient (Wildman–Crippen LogP) is 0.965. The Hall–Kier alpha value is -1.12. The van der Waals surface area contributed by atoms with E-state index in [1.807, 2.05) is 7.05 Å². The van der Waals surface area contributed by atoms with Gasteiger partial charge < -0.3 is 10.2 Å². The fourth-order valence-corrected chi connectivity index (χ4v) is 3.36. The first-order valence-corrected chi connectivity index (χ1v) is 7.68. The van der Waals surface area contributed by atoms with E-state index in [4.69, 9.17) is 0 Å². The molecule has 1 heterocycles. The molecule has 1 saturated heterocycles. The summed E-state index contributed by atoms with van der Waals surface area (Å²) in [5.74, 6) is 0.0721. The molecule has 2 fully saturated rings. The highest BCUT2D eigenvalue weighted by atomic mass is 16.2. The minimum atomic E-state index is -0.565. The number of rotatable bonds is 4.